The first kappa shape index (κ1) is 69.6. The number of rotatable bonds is 61. The molecule has 2 atom stereocenters. The predicted octanol–water partition coefficient (Wildman–Crippen LogP) is 20.4. The van der Waals surface area contributed by atoms with Crippen LogP contribution < -0.4 is 5.32 Å². The molecule has 0 aromatic rings. The smallest absolute Gasteiger partial charge is 0.305 e. The molecule has 6 heteroatoms. The van der Waals surface area contributed by atoms with Crippen LogP contribution in [-0.2, 0) is 14.3 Å². The fourth-order valence-electron chi connectivity index (χ4n) is 10.3. The van der Waals surface area contributed by atoms with Gasteiger partial charge in [-0.05, 0) is 51.4 Å². The molecular weight excluding hydrogens is 875 g/mol. The molecule has 0 aliphatic rings. The van der Waals surface area contributed by atoms with Crippen molar-refractivity contribution in [3.63, 3.8) is 0 Å². The van der Waals surface area contributed by atoms with E-state index in [9.17, 15) is 19.8 Å². The summed E-state index contributed by atoms with van der Waals surface area (Å²) in [5.74, 6) is -0.0205. The van der Waals surface area contributed by atoms with Gasteiger partial charge in [-0.15, -0.1) is 0 Å². The molecule has 0 bridgehead atoms. The van der Waals surface area contributed by atoms with Crippen LogP contribution in [0.4, 0.5) is 0 Å². The van der Waals surface area contributed by atoms with Gasteiger partial charge in [-0.25, -0.2) is 0 Å². The van der Waals surface area contributed by atoms with Crippen molar-refractivity contribution in [2.24, 2.45) is 0 Å². The Bertz CT molecular complexity index is 1060. The van der Waals surface area contributed by atoms with Crippen molar-refractivity contribution < 1.29 is 24.5 Å². The lowest BCUT2D eigenvalue weighted by Gasteiger charge is -2.22. The number of carbonyl (C=O) groups excluding carboxylic acids is 2. The second-order valence-electron chi connectivity index (χ2n) is 22.5. The molecular formula is C65H127NO5. The number of unbranched alkanes of at least 4 members (excludes halogenated alkanes) is 48. The van der Waals surface area contributed by atoms with E-state index >= 15 is 0 Å². The molecule has 3 N–H and O–H groups in total. The fourth-order valence-corrected chi connectivity index (χ4v) is 10.3. The van der Waals surface area contributed by atoms with Crippen molar-refractivity contribution in [2.75, 3.05) is 13.2 Å². The van der Waals surface area contributed by atoms with Gasteiger partial charge in [0.2, 0.25) is 5.91 Å². The maximum atomic E-state index is 12.5. The monoisotopic (exact) mass is 1000 g/mol. The topological polar surface area (TPSA) is 95.9 Å². The lowest BCUT2D eigenvalue weighted by atomic mass is 10.0. The summed E-state index contributed by atoms with van der Waals surface area (Å²) in [6.07, 6.45) is 73.8. The van der Waals surface area contributed by atoms with Crippen LogP contribution in [0.2, 0.25) is 0 Å². The van der Waals surface area contributed by atoms with Gasteiger partial charge < -0.3 is 20.3 Å². The van der Waals surface area contributed by atoms with E-state index in [2.05, 4.69) is 31.3 Å². The summed E-state index contributed by atoms with van der Waals surface area (Å²) < 4.78 is 5.50. The van der Waals surface area contributed by atoms with Crippen molar-refractivity contribution in [1.29, 1.82) is 0 Å². The van der Waals surface area contributed by atoms with Gasteiger partial charge in [0.1, 0.15) is 0 Å². The van der Waals surface area contributed by atoms with Crippen LogP contribution >= 0.6 is 0 Å². The second-order valence-corrected chi connectivity index (χ2v) is 22.5. The number of allylic oxidation sites excluding steroid dienone is 2. The van der Waals surface area contributed by atoms with Gasteiger partial charge in [0, 0.05) is 12.8 Å². The van der Waals surface area contributed by atoms with Crippen molar-refractivity contribution in [3.05, 3.63) is 12.2 Å². The van der Waals surface area contributed by atoms with Gasteiger partial charge in [-0.1, -0.05) is 315 Å². The normalized spacial score (nSPS) is 12.6. The van der Waals surface area contributed by atoms with E-state index in [1.165, 1.54) is 295 Å². The average Bonchev–Trinajstić information content (AvgIpc) is 3.37. The summed E-state index contributed by atoms with van der Waals surface area (Å²) in [7, 11) is 0. The number of esters is 1. The lowest BCUT2D eigenvalue weighted by Crippen LogP contribution is -2.45. The Morgan fingerprint density at radius 3 is 1.00 bits per heavy atom. The molecule has 0 radical (unpaired) electrons. The third kappa shape index (κ3) is 57.7. The largest absolute Gasteiger partial charge is 0.466 e. The quantitative estimate of drug-likeness (QED) is 0.0320. The molecule has 0 aliphatic carbocycles. The predicted molar refractivity (Wildman–Crippen MR) is 310 cm³/mol. The SMILES string of the molecule is CCCCCCCCCCCCCCCCCCCC(=O)OCCCCCCCCCCCCCC/C=C\CCCCCCCCCCC(=O)NC(CO)C(O)CCCCCCCCCCCCCCC. The average molecular weight is 1000 g/mol. The number of hydrogen-bond donors (Lipinski definition) is 3. The molecule has 422 valence electrons. The number of nitrogens with one attached hydrogen (secondary N) is 1. The van der Waals surface area contributed by atoms with Crippen LogP contribution in [-0.4, -0.2) is 47.4 Å². The molecule has 0 rings (SSSR count). The highest BCUT2D eigenvalue weighted by molar-refractivity contribution is 5.76. The standard InChI is InChI=1S/C65H127NO5/c1-3-5-7-9-11-13-15-17-18-27-31-35-39-43-47-51-55-59-65(70)71-60-56-52-48-44-40-36-32-29-26-24-22-20-19-21-23-25-28-30-34-38-42-46-50-54-58-64(69)66-62(61-67)63(68)57-53-49-45-41-37-33-16-14-12-10-8-6-4-2/h21,23,62-63,67-68H,3-20,22,24-61H2,1-2H3,(H,66,69)/b23-21-. The van der Waals surface area contributed by atoms with E-state index in [4.69, 9.17) is 4.74 Å². The van der Waals surface area contributed by atoms with Gasteiger partial charge in [0.25, 0.3) is 0 Å². The highest BCUT2D eigenvalue weighted by atomic mass is 16.5. The Labute approximate surface area is 444 Å². The zero-order valence-corrected chi connectivity index (χ0v) is 48.2. The summed E-state index contributed by atoms with van der Waals surface area (Å²) >= 11 is 0. The molecule has 1 amide bonds. The highest BCUT2D eigenvalue weighted by Gasteiger charge is 2.20. The highest BCUT2D eigenvalue weighted by Crippen LogP contribution is 2.18. The van der Waals surface area contributed by atoms with Gasteiger partial charge in [-0.2, -0.15) is 0 Å². The third-order valence-corrected chi connectivity index (χ3v) is 15.3. The Balaban J connectivity index is 3.37. The number of aliphatic hydroxyl groups excluding tert-OH is 2. The van der Waals surface area contributed by atoms with E-state index in [0.717, 1.165) is 38.5 Å². The van der Waals surface area contributed by atoms with Crippen LogP contribution in [0.5, 0.6) is 0 Å². The fraction of sp³-hybridized carbons (Fsp3) is 0.938. The molecule has 0 saturated heterocycles. The van der Waals surface area contributed by atoms with E-state index in [1.807, 2.05) is 0 Å². The first-order valence-electron chi connectivity index (χ1n) is 32.4. The Morgan fingerprint density at radius 2 is 0.662 bits per heavy atom. The van der Waals surface area contributed by atoms with Crippen LogP contribution in [0.25, 0.3) is 0 Å². The molecule has 0 aromatic carbocycles. The van der Waals surface area contributed by atoms with Crippen molar-refractivity contribution >= 4 is 11.9 Å². The molecule has 2 unspecified atom stereocenters. The van der Waals surface area contributed by atoms with Crippen LogP contribution in [0.1, 0.15) is 367 Å². The Hall–Kier alpha value is -1.40. The molecule has 6 nitrogen and oxygen atoms in total. The zero-order valence-electron chi connectivity index (χ0n) is 48.2. The maximum Gasteiger partial charge on any atom is 0.305 e. The zero-order chi connectivity index (χ0) is 51.4. The lowest BCUT2D eigenvalue weighted by molar-refractivity contribution is -0.143. The summed E-state index contributed by atoms with van der Waals surface area (Å²) in [6, 6.07) is -0.543. The first-order chi connectivity index (χ1) is 35.0. The summed E-state index contributed by atoms with van der Waals surface area (Å²) in [5, 5.41) is 23.3. The summed E-state index contributed by atoms with van der Waals surface area (Å²) in [4.78, 5) is 24.6. The van der Waals surface area contributed by atoms with E-state index in [-0.39, 0.29) is 18.5 Å². The molecule has 0 aliphatic heterocycles. The van der Waals surface area contributed by atoms with Gasteiger partial charge in [0.15, 0.2) is 0 Å². The minimum Gasteiger partial charge on any atom is -0.466 e. The van der Waals surface area contributed by atoms with Crippen LogP contribution in [0.3, 0.4) is 0 Å². The molecule has 71 heavy (non-hydrogen) atoms. The number of aliphatic hydroxyl groups is 2. The van der Waals surface area contributed by atoms with Crippen molar-refractivity contribution in [3.8, 4) is 0 Å². The second kappa shape index (κ2) is 61.1. The number of ether oxygens (including phenoxy) is 1. The van der Waals surface area contributed by atoms with E-state index < -0.39 is 12.1 Å². The van der Waals surface area contributed by atoms with Gasteiger partial charge >= 0.3 is 5.97 Å². The molecule has 0 aromatic heterocycles. The Morgan fingerprint density at radius 1 is 0.380 bits per heavy atom. The number of carbonyl (C=O) groups is 2. The van der Waals surface area contributed by atoms with E-state index in [0.29, 0.717) is 25.9 Å². The van der Waals surface area contributed by atoms with Gasteiger partial charge in [-0.3, -0.25) is 9.59 Å². The first-order valence-corrected chi connectivity index (χ1v) is 32.4. The minimum atomic E-state index is -0.665. The van der Waals surface area contributed by atoms with Crippen LogP contribution in [0, 0.1) is 0 Å². The minimum absolute atomic E-state index is 0.0172. The maximum absolute atomic E-state index is 12.5. The van der Waals surface area contributed by atoms with E-state index in [1.54, 1.807) is 0 Å². The summed E-state index contributed by atoms with van der Waals surface area (Å²) in [5.41, 5.74) is 0. The molecule has 0 fully saturated rings. The molecule has 0 saturated carbocycles. The third-order valence-electron chi connectivity index (χ3n) is 15.3. The van der Waals surface area contributed by atoms with Crippen molar-refractivity contribution in [2.45, 2.75) is 379 Å². The van der Waals surface area contributed by atoms with Gasteiger partial charge in [0.05, 0.1) is 25.4 Å². The molecule has 0 heterocycles. The number of amides is 1. The van der Waals surface area contributed by atoms with Crippen molar-refractivity contribution in [1.82, 2.24) is 5.32 Å². The summed E-state index contributed by atoms with van der Waals surface area (Å²) in [6.45, 7) is 4.98. The number of hydrogen-bond acceptors (Lipinski definition) is 5. The van der Waals surface area contributed by atoms with Crippen LogP contribution in [0.15, 0.2) is 12.2 Å². The molecule has 0 spiro atoms. The Kier molecular flexibility index (Phi) is 59.9.